The number of likely N-dealkylation sites (N-methyl/N-ethyl adjacent to an activating group) is 1. The zero-order chi connectivity index (χ0) is 15.5. The molecule has 0 bridgehead atoms. The maximum Gasteiger partial charge on any atom is 0.320 e. The molecule has 0 heterocycles. The molecule has 3 unspecified atom stereocenters. The Morgan fingerprint density at radius 1 is 1.30 bits per heavy atom. The van der Waals surface area contributed by atoms with Crippen molar-refractivity contribution in [1.82, 2.24) is 5.32 Å². The van der Waals surface area contributed by atoms with Crippen molar-refractivity contribution < 1.29 is 29.2 Å². The van der Waals surface area contributed by atoms with Crippen LogP contribution in [0.25, 0.3) is 0 Å². The van der Waals surface area contributed by atoms with Gasteiger partial charge in [0, 0.05) is 12.6 Å². The van der Waals surface area contributed by atoms with Gasteiger partial charge in [-0.1, -0.05) is 6.92 Å². The molecule has 4 N–H and O–H groups in total. The van der Waals surface area contributed by atoms with Gasteiger partial charge in [0.1, 0.15) is 6.04 Å². The van der Waals surface area contributed by atoms with Crippen LogP contribution in [0.4, 0.5) is 0 Å². The fourth-order valence-corrected chi connectivity index (χ4v) is 2.79. The highest BCUT2D eigenvalue weighted by atomic mass is 31.2. The second kappa shape index (κ2) is 11.0. The van der Waals surface area contributed by atoms with E-state index < -0.39 is 26.4 Å². The van der Waals surface area contributed by atoms with Crippen LogP contribution >= 0.6 is 8.38 Å². The summed E-state index contributed by atoms with van der Waals surface area (Å²) in [6.45, 7) is 2.18. The lowest BCUT2D eigenvalue weighted by Gasteiger charge is -2.16. The van der Waals surface area contributed by atoms with Gasteiger partial charge < -0.3 is 24.9 Å². The molecule has 0 saturated heterocycles. The highest BCUT2D eigenvalue weighted by molar-refractivity contribution is 7.46. The first-order valence-electron chi connectivity index (χ1n) is 6.58. The van der Waals surface area contributed by atoms with E-state index in [1.807, 2.05) is 6.92 Å². The summed E-state index contributed by atoms with van der Waals surface area (Å²) >= 11 is 0. The summed E-state index contributed by atoms with van der Waals surface area (Å²) in [5, 5.41) is 20.0. The van der Waals surface area contributed by atoms with Gasteiger partial charge >= 0.3 is 11.9 Å². The normalized spacial score (nSPS) is 15.6. The summed E-state index contributed by atoms with van der Waals surface area (Å²) < 4.78 is 5.25. The van der Waals surface area contributed by atoms with Crippen LogP contribution in [-0.4, -0.2) is 52.9 Å². The van der Waals surface area contributed by atoms with Gasteiger partial charge in [0.25, 0.3) is 0 Å². The van der Waals surface area contributed by atoms with Crippen molar-refractivity contribution in [3.63, 3.8) is 0 Å². The summed E-state index contributed by atoms with van der Waals surface area (Å²) in [6, 6.07) is -0.599. The van der Waals surface area contributed by atoms with Crippen molar-refractivity contribution in [2.75, 3.05) is 19.8 Å². The number of hydrogen-bond donors (Lipinski definition) is 4. The summed E-state index contributed by atoms with van der Waals surface area (Å²) in [4.78, 5) is 30.8. The Morgan fingerprint density at radius 3 is 2.45 bits per heavy atom. The Bertz CT molecular complexity index is 302. The zero-order valence-electron chi connectivity index (χ0n) is 11.9. The van der Waals surface area contributed by atoms with E-state index in [9.17, 15) is 14.5 Å². The third kappa shape index (κ3) is 10.1. The zero-order valence-corrected chi connectivity index (χ0v) is 12.8. The smallest absolute Gasteiger partial charge is 0.320 e. The number of carboxylic acid groups (broad SMARTS) is 2. The summed E-state index contributed by atoms with van der Waals surface area (Å²) in [6.07, 6.45) is 2.02. The quantitative estimate of drug-likeness (QED) is 0.317. The van der Waals surface area contributed by atoms with Crippen LogP contribution in [-0.2, 0) is 14.1 Å². The van der Waals surface area contributed by atoms with Crippen molar-refractivity contribution in [2.24, 2.45) is 5.92 Å². The number of rotatable bonds is 12. The number of aliphatic carboxylic acids is 2. The van der Waals surface area contributed by atoms with Crippen LogP contribution in [0.3, 0.4) is 0 Å². The van der Waals surface area contributed by atoms with Gasteiger partial charge in [0.2, 0.25) is 0 Å². The van der Waals surface area contributed by atoms with Gasteiger partial charge in [-0.25, -0.2) is 0 Å². The van der Waals surface area contributed by atoms with E-state index in [1.54, 1.807) is 7.05 Å². The van der Waals surface area contributed by atoms with Crippen molar-refractivity contribution in [2.45, 2.75) is 38.6 Å². The van der Waals surface area contributed by atoms with E-state index >= 15 is 0 Å². The molecule has 0 spiro atoms. The molecule has 20 heavy (non-hydrogen) atoms. The molecule has 0 amide bonds. The largest absolute Gasteiger partial charge is 0.481 e. The van der Waals surface area contributed by atoms with E-state index in [0.29, 0.717) is 32.0 Å². The maximum atomic E-state index is 10.7. The molecule has 0 fully saturated rings. The third-order valence-corrected chi connectivity index (χ3v) is 4.26. The molecule has 0 rings (SSSR count). The first-order chi connectivity index (χ1) is 9.36. The Kier molecular flexibility index (Phi) is 10.6. The molecule has 3 atom stereocenters. The lowest BCUT2D eigenvalue weighted by molar-refractivity contribution is -0.139. The van der Waals surface area contributed by atoms with Crippen molar-refractivity contribution in [3.05, 3.63) is 0 Å². The number of carbonyl (C=O) groups is 2. The average Bonchev–Trinajstić information content (AvgIpc) is 2.35. The second-order valence-corrected chi connectivity index (χ2v) is 6.05. The first kappa shape index (κ1) is 19.2. The molecule has 0 aromatic heterocycles. The molecule has 0 radical (unpaired) electrons. The Morgan fingerprint density at radius 2 is 1.95 bits per heavy atom. The Labute approximate surface area is 120 Å². The fraction of sp³-hybridized carbons (Fsp3) is 0.833. The molecule has 0 aliphatic carbocycles. The van der Waals surface area contributed by atoms with Gasteiger partial charge in [0.15, 0.2) is 8.38 Å². The van der Waals surface area contributed by atoms with Crippen molar-refractivity contribution in [1.29, 1.82) is 0 Å². The molecular weight excluding hydrogens is 285 g/mol. The lowest BCUT2D eigenvalue weighted by Crippen LogP contribution is -2.33. The highest BCUT2D eigenvalue weighted by Crippen LogP contribution is 2.35. The van der Waals surface area contributed by atoms with Crippen LogP contribution in [0.15, 0.2) is 0 Å². The molecule has 0 aliphatic heterocycles. The highest BCUT2D eigenvalue weighted by Gasteiger charge is 2.16. The minimum Gasteiger partial charge on any atom is -0.481 e. The maximum absolute atomic E-state index is 10.7. The van der Waals surface area contributed by atoms with Crippen LogP contribution < -0.4 is 5.32 Å². The molecule has 0 aliphatic rings. The van der Waals surface area contributed by atoms with Gasteiger partial charge in [-0.2, -0.15) is 0 Å². The molecule has 0 saturated carbocycles. The monoisotopic (exact) mass is 309 g/mol. The van der Waals surface area contributed by atoms with Crippen LogP contribution in [0, 0.1) is 5.92 Å². The van der Waals surface area contributed by atoms with Crippen LogP contribution in [0.2, 0.25) is 0 Å². The predicted octanol–water partition coefficient (Wildman–Crippen LogP) is 1.26. The minimum absolute atomic E-state index is 0.0892. The van der Waals surface area contributed by atoms with Crippen LogP contribution in [0.5, 0.6) is 0 Å². The van der Waals surface area contributed by atoms with Gasteiger partial charge in [-0.15, -0.1) is 0 Å². The third-order valence-electron chi connectivity index (χ3n) is 2.84. The van der Waals surface area contributed by atoms with Gasteiger partial charge in [-0.3, -0.25) is 9.59 Å². The Balaban J connectivity index is 3.69. The summed E-state index contributed by atoms with van der Waals surface area (Å²) in [7, 11) is 0.0240. The topological polar surface area (TPSA) is 116 Å². The summed E-state index contributed by atoms with van der Waals surface area (Å²) in [5.41, 5.74) is 0. The molecule has 0 aromatic rings. The molecular formula is C12H24NO6P. The number of hydrogen-bond acceptors (Lipinski definition) is 5. The molecule has 7 nitrogen and oxygen atoms in total. The average molecular weight is 309 g/mol. The minimum atomic E-state index is -1.56. The van der Waals surface area contributed by atoms with E-state index in [0.717, 1.165) is 0 Å². The second-order valence-electron chi connectivity index (χ2n) is 4.73. The van der Waals surface area contributed by atoms with E-state index in [-0.39, 0.29) is 12.3 Å². The lowest BCUT2D eigenvalue weighted by atomic mass is 10.1. The van der Waals surface area contributed by atoms with Gasteiger partial charge in [0.05, 0.1) is 6.61 Å². The first-order valence-corrected chi connectivity index (χ1v) is 7.97. The Hall–Kier alpha value is -0.750. The molecule has 118 valence electrons. The van der Waals surface area contributed by atoms with Crippen molar-refractivity contribution in [3.8, 4) is 0 Å². The fourth-order valence-electron chi connectivity index (χ4n) is 1.63. The van der Waals surface area contributed by atoms with Crippen molar-refractivity contribution >= 4 is 20.3 Å². The molecule has 0 aromatic carbocycles. The van der Waals surface area contributed by atoms with Crippen LogP contribution in [0.1, 0.15) is 32.6 Å². The van der Waals surface area contributed by atoms with Gasteiger partial charge in [-0.05, 0) is 32.2 Å². The SMILES string of the molecule is CNC(CCCOP(O)CC(C)CCC(=O)O)C(=O)O. The number of carboxylic acids is 2. The van der Waals surface area contributed by atoms with E-state index in [2.05, 4.69) is 5.32 Å². The summed E-state index contributed by atoms with van der Waals surface area (Å²) in [5.74, 6) is -1.65. The standard InChI is InChI=1S/C12H24NO6P/c1-9(5-6-11(14)15)8-20(18)19-7-3-4-10(13-2)12(16)17/h9-10,13,18H,3-8H2,1-2H3,(H,14,15)(H,16,17). The van der Waals surface area contributed by atoms with E-state index in [4.69, 9.17) is 14.7 Å². The number of nitrogens with one attached hydrogen (secondary N) is 1. The predicted molar refractivity (Wildman–Crippen MR) is 75.7 cm³/mol. The van der Waals surface area contributed by atoms with E-state index in [1.165, 1.54) is 0 Å². The molecule has 8 heteroatoms.